The summed E-state index contributed by atoms with van der Waals surface area (Å²) in [7, 11) is 4.74. The van der Waals surface area contributed by atoms with E-state index in [9.17, 15) is 4.79 Å². The van der Waals surface area contributed by atoms with Crippen LogP contribution < -0.4 is 19.5 Å². The molecule has 0 atom stereocenters. The molecule has 0 bridgehead atoms. The average Bonchev–Trinajstić information content (AvgIpc) is 3.44. The fourth-order valence-electron chi connectivity index (χ4n) is 3.17. The third-order valence-corrected chi connectivity index (χ3v) is 5.79. The molecule has 1 N–H and O–H groups in total. The summed E-state index contributed by atoms with van der Waals surface area (Å²) in [5, 5.41) is 16.6. The summed E-state index contributed by atoms with van der Waals surface area (Å²) in [6.07, 6.45) is 1.88. The van der Waals surface area contributed by atoms with Crippen LogP contribution >= 0.6 is 11.8 Å². The summed E-state index contributed by atoms with van der Waals surface area (Å²) in [6, 6.07) is 5.21. The lowest BCUT2D eigenvalue weighted by molar-refractivity contribution is -0.113. The molecule has 11 nitrogen and oxygen atoms in total. The van der Waals surface area contributed by atoms with Crippen LogP contribution in [0.25, 0.3) is 11.4 Å². The maximum absolute atomic E-state index is 12.7. The van der Waals surface area contributed by atoms with Crippen LogP contribution in [0.3, 0.4) is 0 Å². The van der Waals surface area contributed by atoms with Gasteiger partial charge in [0.1, 0.15) is 17.1 Å². The Hall–Kier alpha value is -3.25. The summed E-state index contributed by atoms with van der Waals surface area (Å²) >= 11 is 1.28. The second kappa shape index (κ2) is 12.3. The number of hydrogen-bond donors (Lipinski definition) is 1. The van der Waals surface area contributed by atoms with Gasteiger partial charge in [-0.3, -0.25) is 14.0 Å². The molecule has 3 rings (SSSR count). The summed E-state index contributed by atoms with van der Waals surface area (Å²) < 4.78 is 25.3. The van der Waals surface area contributed by atoms with E-state index < -0.39 is 0 Å². The van der Waals surface area contributed by atoms with Gasteiger partial charge in [-0.1, -0.05) is 11.8 Å². The Kier molecular flexibility index (Phi) is 9.16. The topological polar surface area (TPSA) is 115 Å². The van der Waals surface area contributed by atoms with Crippen molar-refractivity contribution in [3.05, 3.63) is 24.4 Å². The van der Waals surface area contributed by atoms with Crippen LogP contribution in [0, 0.1) is 0 Å². The molecule has 0 radical (unpaired) electrons. The molecule has 0 fully saturated rings. The third kappa shape index (κ3) is 6.00. The first-order valence-corrected chi connectivity index (χ1v) is 11.8. The number of nitrogens with zero attached hydrogens (tertiary/aromatic N) is 5. The van der Waals surface area contributed by atoms with Crippen molar-refractivity contribution in [3.63, 3.8) is 0 Å². The highest BCUT2D eigenvalue weighted by Crippen LogP contribution is 2.32. The predicted octanol–water partition coefficient (Wildman–Crippen LogP) is 2.95. The number of amides is 1. The van der Waals surface area contributed by atoms with Crippen LogP contribution in [-0.4, -0.2) is 70.7 Å². The molecule has 0 aliphatic carbocycles. The van der Waals surface area contributed by atoms with Crippen molar-refractivity contribution in [3.8, 4) is 28.8 Å². The molecular weight excluding hydrogens is 460 g/mol. The van der Waals surface area contributed by atoms with Gasteiger partial charge in [0.05, 0.1) is 45.4 Å². The van der Waals surface area contributed by atoms with Crippen LogP contribution in [0.4, 0.5) is 5.69 Å². The summed E-state index contributed by atoms with van der Waals surface area (Å²) in [5.74, 6) is 2.17. The lowest BCUT2D eigenvalue weighted by Gasteiger charge is -2.12. The molecule has 1 aromatic carbocycles. The van der Waals surface area contributed by atoms with E-state index in [0.717, 1.165) is 5.56 Å². The molecule has 0 unspecified atom stereocenters. The summed E-state index contributed by atoms with van der Waals surface area (Å²) in [6.45, 7) is 6.05. The lowest BCUT2D eigenvalue weighted by Crippen LogP contribution is -2.16. The highest BCUT2D eigenvalue weighted by atomic mass is 32.2. The first-order chi connectivity index (χ1) is 16.5. The Bertz CT molecular complexity index is 1100. The second-order valence-corrected chi connectivity index (χ2v) is 7.93. The van der Waals surface area contributed by atoms with Gasteiger partial charge in [-0.2, -0.15) is 0 Å². The normalized spacial score (nSPS) is 10.9. The highest BCUT2D eigenvalue weighted by molar-refractivity contribution is 7.99. The number of hydrogen-bond acceptors (Lipinski definition) is 9. The van der Waals surface area contributed by atoms with E-state index in [1.807, 2.05) is 24.6 Å². The molecule has 0 saturated heterocycles. The van der Waals surface area contributed by atoms with Crippen molar-refractivity contribution in [1.29, 1.82) is 0 Å². The van der Waals surface area contributed by atoms with Crippen molar-refractivity contribution in [1.82, 2.24) is 24.5 Å². The summed E-state index contributed by atoms with van der Waals surface area (Å²) in [5.41, 5.74) is 1.27. The van der Waals surface area contributed by atoms with Gasteiger partial charge in [-0.15, -0.1) is 15.3 Å². The molecule has 2 heterocycles. The first kappa shape index (κ1) is 25.4. The highest BCUT2D eigenvalue weighted by Gasteiger charge is 2.21. The van der Waals surface area contributed by atoms with Crippen LogP contribution in [0.15, 0.2) is 29.6 Å². The molecule has 3 aromatic rings. The summed E-state index contributed by atoms with van der Waals surface area (Å²) in [4.78, 5) is 12.7. The van der Waals surface area contributed by atoms with Crippen LogP contribution in [-0.2, 0) is 22.6 Å². The number of ether oxygens (including phenoxy) is 4. The van der Waals surface area contributed by atoms with Gasteiger partial charge in [0.15, 0.2) is 11.0 Å². The maximum atomic E-state index is 12.7. The Labute approximate surface area is 202 Å². The quantitative estimate of drug-likeness (QED) is 0.361. The molecule has 0 aliphatic heterocycles. The van der Waals surface area contributed by atoms with E-state index in [-0.39, 0.29) is 11.7 Å². The van der Waals surface area contributed by atoms with Crippen molar-refractivity contribution in [2.45, 2.75) is 32.1 Å². The smallest absolute Gasteiger partial charge is 0.243 e. The molecule has 0 aliphatic rings. The minimum atomic E-state index is -0.215. The van der Waals surface area contributed by atoms with Gasteiger partial charge in [0.2, 0.25) is 11.8 Å². The Morgan fingerprint density at radius 1 is 1.15 bits per heavy atom. The minimum absolute atomic E-state index is 0.123. The molecule has 0 saturated carbocycles. The SMILES string of the molecule is CCOc1nn(CC)cc1-c1nnc(SCC(=O)Nc2cc(OC)ccc2OC)n1CCOC. The van der Waals surface area contributed by atoms with Crippen molar-refractivity contribution in [2.75, 3.05) is 45.6 Å². The van der Waals surface area contributed by atoms with E-state index in [2.05, 4.69) is 20.6 Å². The third-order valence-electron chi connectivity index (χ3n) is 4.82. The Morgan fingerprint density at radius 2 is 1.97 bits per heavy atom. The van der Waals surface area contributed by atoms with E-state index in [0.29, 0.717) is 60.4 Å². The fraction of sp³-hybridized carbons (Fsp3) is 0.455. The van der Waals surface area contributed by atoms with E-state index in [4.69, 9.17) is 18.9 Å². The standard InChI is InChI=1S/C22H30N6O5S/c1-6-27-13-16(21(26-27)33-7-2)20-24-25-22(28(20)10-11-30-3)34-14-19(29)23-17-12-15(31-4)8-9-18(17)32-5/h8-9,12-13H,6-7,10-11,14H2,1-5H3,(H,23,29). The van der Waals surface area contributed by atoms with Gasteiger partial charge >= 0.3 is 0 Å². The molecule has 34 heavy (non-hydrogen) atoms. The minimum Gasteiger partial charge on any atom is -0.497 e. The van der Waals surface area contributed by atoms with Crippen LogP contribution in [0.5, 0.6) is 17.4 Å². The van der Waals surface area contributed by atoms with Gasteiger partial charge < -0.3 is 24.3 Å². The lowest BCUT2D eigenvalue weighted by atomic mass is 10.2. The fourth-order valence-corrected chi connectivity index (χ4v) is 3.93. The Morgan fingerprint density at radius 3 is 2.65 bits per heavy atom. The largest absolute Gasteiger partial charge is 0.497 e. The van der Waals surface area contributed by atoms with Crippen LogP contribution in [0.2, 0.25) is 0 Å². The van der Waals surface area contributed by atoms with Crippen molar-refractivity contribution < 1.29 is 23.7 Å². The van der Waals surface area contributed by atoms with Gasteiger partial charge in [-0.05, 0) is 26.0 Å². The van der Waals surface area contributed by atoms with Crippen molar-refractivity contribution >= 4 is 23.4 Å². The number of anilines is 1. The number of rotatable bonds is 13. The number of thioether (sulfide) groups is 1. The van der Waals surface area contributed by atoms with Gasteiger partial charge in [0.25, 0.3) is 0 Å². The number of benzene rings is 1. The van der Waals surface area contributed by atoms with E-state index in [1.165, 1.54) is 11.8 Å². The van der Waals surface area contributed by atoms with Gasteiger partial charge in [-0.25, -0.2) is 0 Å². The average molecular weight is 491 g/mol. The number of carbonyl (C=O) groups is 1. The van der Waals surface area contributed by atoms with Gasteiger partial charge in [0, 0.05) is 25.9 Å². The van der Waals surface area contributed by atoms with E-state index >= 15 is 0 Å². The number of methoxy groups -OCH3 is 3. The first-order valence-electron chi connectivity index (χ1n) is 10.8. The zero-order chi connectivity index (χ0) is 24.5. The van der Waals surface area contributed by atoms with Crippen LogP contribution in [0.1, 0.15) is 13.8 Å². The second-order valence-electron chi connectivity index (χ2n) is 6.99. The zero-order valence-electron chi connectivity index (χ0n) is 20.0. The number of nitrogens with one attached hydrogen (secondary N) is 1. The van der Waals surface area contributed by atoms with Crippen molar-refractivity contribution in [2.24, 2.45) is 0 Å². The zero-order valence-corrected chi connectivity index (χ0v) is 20.8. The molecule has 2 aromatic heterocycles. The molecule has 0 spiro atoms. The predicted molar refractivity (Wildman–Crippen MR) is 129 cm³/mol. The number of aromatic nitrogens is 5. The van der Waals surface area contributed by atoms with E-state index in [1.54, 1.807) is 44.2 Å². The molecule has 184 valence electrons. The molecule has 12 heteroatoms. The number of aryl methyl sites for hydroxylation is 1. The molecule has 1 amide bonds. The maximum Gasteiger partial charge on any atom is 0.243 e. The number of carbonyl (C=O) groups excluding carboxylic acids is 1. The Balaban J connectivity index is 1.80. The monoisotopic (exact) mass is 490 g/mol. The molecular formula is C22H30N6O5S.